The lowest BCUT2D eigenvalue weighted by Crippen LogP contribution is -2.19. The maximum absolute atomic E-state index is 14.4. The number of halogens is 6. The molecule has 2 unspecified atom stereocenters. The van der Waals surface area contributed by atoms with Crippen LogP contribution >= 0.6 is 69.6 Å². The molecule has 0 spiro atoms. The van der Waals surface area contributed by atoms with Gasteiger partial charge in [-0.25, -0.2) is 8.42 Å². The minimum Gasteiger partial charge on any atom is -0.227 e. The van der Waals surface area contributed by atoms with E-state index in [-0.39, 0.29) is 0 Å². The summed E-state index contributed by atoms with van der Waals surface area (Å²) in [6.45, 7) is 0. The first-order valence-electron chi connectivity index (χ1n) is 11.5. The van der Waals surface area contributed by atoms with Crippen LogP contribution in [0.2, 0.25) is 30.1 Å². The third-order valence-electron chi connectivity index (χ3n) is 5.92. The lowest BCUT2D eigenvalue weighted by atomic mass is 10.1. The highest BCUT2D eigenvalue weighted by Crippen LogP contribution is 2.38. The van der Waals surface area contributed by atoms with Gasteiger partial charge in [-0.15, -0.1) is 0 Å². The van der Waals surface area contributed by atoms with Crippen molar-refractivity contribution in [2.45, 2.75) is 10.5 Å². The largest absolute Gasteiger partial charge is 0.227 e. The standard InChI is InChI=1S/C30H20Cl6O2S/c31-23-9-5-21(6-10-23)29(15-3-19-1-13-25(33)27(35)17-19)39(37,38)30(22-7-11-24(32)12-8-22)16-4-20-2-14-26(34)28(36)18-20/h1-18,29-30H. The highest BCUT2D eigenvalue weighted by atomic mass is 35.5. The molecule has 4 rings (SSSR count). The normalized spacial score (nSPS) is 13.7. The van der Waals surface area contributed by atoms with Gasteiger partial charge in [-0.3, -0.25) is 0 Å². The monoisotopic (exact) mass is 654 g/mol. The van der Waals surface area contributed by atoms with Crippen molar-refractivity contribution in [3.63, 3.8) is 0 Å². The Morgan fingerprint density at radius 3 is 1.18 bits per heavy atom. The van der Waals surface area contributed by atoms with E-state index in [9.17, 15) is 8.42 Å². The molecule has 0 saturated heterocycles. The molecule has 39 heavy (non-hydrogen) atoms. The van der Waals surface area contributed by atoms with Crippen LogP contribution in [0.3, 0.4) is 0 Å². The number of hydrogen-bond acceptors (Lipinski definition) is 2. The van der Waals surface area contributed by atoms with Crippen molar-refractivity contribution in [3.05, 3.63) is 149 Å². The molecule has 0 aliphatic rings. The van der Waals surface area contributed by atoms with Crippen LogP contribution in [0, 0.1) is 0 Å². The van der Waals surface area contributed by atoms with Gasteiger partial charge in [0.2, 0.25) is 0 Å². The van der Waals surface area contributed by atoms with Crippen molar-refractivity contribution in [2.24, 2.45) is 0 Å². The van der Waals surface area contributed by atoms with Gasteiger partial charge < -0.3 is 0 Å². The highest BCUT2D eigenvalue weighted by Gasteiger charge is 2.33. The van der Waals surface area contributed by atoms with Crippen molar-refractivity contribution in [3.8, 4) is 0 Å². The van der Waals surface area contributed by atoms with Crippen LogP contribution in [0.4, 0.5) is 0 Å². The zero-order chi connectivity index (χ0) is 28.2. The van der Waals surface area contributed by atoms with Crippen LogP contribution < -0.4 is 0 Å². The number of benzene rings is 4. The van der Waals surface area contributed by atoms with Gasteiger partial charge in [-0.2, -0.15) is 0 Å². The summed E-state index contributed by atoms with van der Waals surface area (Å²) in [5, 5.41) is 0.499. The van der Waals surface area contributed by atoms with E-state index in [0.717, 1.165) is 0 Å². The fourth-order valence-electron chi connectivity index (χ4n) is 3.91. The summed E-state index contributed by atoms with van der Waals surface area (Å²) in [4.78, 5) is 0. The Labute approximate surface area is 258 Å². The van der Waals surface area contributed by atoms with E-state index in [4.69, 9.17) is 69.6 Å². The molecule has 200 valence electrons. The Balaban J connectivity index is 1.83. The van der Waals surface area contributed by atoms with E-state index in [0.29, 0.717) is 52.4 Å². The summed E-state index contributed by atoms with van der Waals surface area (Å²) >= 11 is 36.7. The minimum absolute atomic E-state index is 0.369. The Morgan fingerprint density at radius 2 is 0.846 bits per heavy atom. The highest BCUT2D eigenvalue weighted by molar-refractivity contribution is 7.92. The van der Waals surface area contributed by atoms with Crippen molar-refractivity contribution >= 4 is 91.6 Å². The van der Waals surface area contributed by atoms with E-state index in [1.807, 2.05) is 0 Å². The summed E-state index contributed by atoms with van der Waals surface area (Å²) in [5.74, 6) is 0. The van der Waals surface area contributed by atoms with Gasteiger partial charge in [-0.1, -0.05) is 130 Å². The average molecular weight is 657 g/mol. The van der Waals surface area contributed by atoms with E-state index < -0.39 is 20.3 Å². The zero-order valence-electron chi connectivity index (χ0n) is 20.0. The van der Waals surface area contributed by atoms with Gasteiger partial charge in [0, 0.05) is 10.0 Å². The maximum Gasteiger partial charge on any atom is 0.171 e. The first kappa shape index (κ1) is 30.0. The van der Waals surface area contributed by atoms with Gasteiger partial charge >= 0.3 is 0 Å². The molecule has 0 bridgehead atoms. The van der Waals surface area contributed by atoms with Gasteiger partial charge in [0.1, 0.15) is 10.5 Å². The summed E-state index contributed by atoms with van der Waals surface area (Å²) in [6, 6.07) is 23.6. The number of rotatable bonds is 8. The molecule has 9 heteroatoms. The third kappa shape index (κ3) is 7.62. The summed E-state index contributed by atoms with van der Waals surface area (Å²) in [7, 11) is -3.95. The Bertz CT molecular complexity index is 1510. The van der Waals surface area contributed by atoms with E-state index in [1.165, 1.54) is 0 Å². The van der Waals surface area contributed by atoms with Crippen LogP contribution in [-0.4, -0.2) is 8.42 Å². The van der Waals surface area contributed by atoms with E-state index >= 15 is 0 Å². The molecule has 0 heterocycles. The van der Waals surface area contributed by atoms with Crippen molar-refractivity contribution in [1.29, 1.82) is 0 Å². The zero-order valence-corrected chi connectivity index (χ0v) is 25.4. The molecule has 0 aliphatic heterocycles. The van der Waals surface area contributed by atoms with Gasteiger partial charge in [-0.05, 0) is 70.8 Å². The summed E-state index contributed by atoms with van der Waals surface area (Å²) in [6.07, 6.45) is 6.68. The molecule has 0 saturated carbocycles. The Hall–Kier alpha value is -1.95. The molecular weight excluding hydrogens is 637 g/mol. The third-order valence-corrected chi connectivity index (χ3v) is 10.2. The predicted octanol–water partition coefficient (Wildman–Crippen LogP) is 11.2. The molecule has 0 amide bonds. The molecule has 0 N–H and O–H groups in total. The van der Waals surface area contributed by atoms with Crippen molar-refractivity contribution in [1.82, 2.24) is 0 Å². The molecule has 0 fully saturated rings. The average Bonchev–Trinajstić information content (AvgIpc) is 2.90. The molecule has 4 aromatic carbocycles. The first-order valence-corrected chi connectivity index (χ1v) is 15.4. The van der Waals surface area contributed by atoms with Crippen LogP contribution in [0.25, 0.3) is 12.2 Å². The van der Waals surface area contributed by atoms with Gasteiger partial charge in [0.05, 0.1) is 20.1 Å². The summed E-state index contributed by atoms with van der Waals surface area (Å²) < 4.78 is 28.8. The van der Waals surface area contributed by atoms with Crippen LogP contribution in [0.15, 0.2) is 97.1 Å². The Morgan fingerprint density at radius 1 is 0.487 bits per heavy atom. The molecule has 4 aromatic rings. The predicted molar refractivity (Wildman–Crippen MR) is 168 cm³/mol. The SMILES string of the molecule is O=S(=O)(C(C=Cc1ccc(Cl)c(Cl)c1)c1ccc(Cl)cc1)C(C=Cc1ccc(Cl)c(Cl)c1)c1ccc(Cl)cc1. The molecule has 2 atom stereocenters. The quantitative estimate of drug-likeness (QED) is 0.189. The molecule has 0 radical (unpaired) electrons. The van der Waals surface area contributed by atoms with Crippen LogP contribution in [0.1, 0.15) is 32.8 Å². The lowest BCUT2D eigenvalue weighted by Gasteiger charge is -2.22. The lowest BCUT2D eigenvalue weighted by molar-refractivity contribution is 0.584. The van der Waals surface area contributed by atoms with Gasteiger partial charge in [0.25, 0.3) is 0 Å². The van der Waals surface area contributed by atoms with Crippen LogP contribution in [0.5, 0.6) is 0 Å². The molecule has 0 aromatic heterocycles. The fourth-order valence-corrected chi connectivity index (χ4v) is 6.76. The van der Waals surface area contributed by atoms with E-state index in [1.54, 1.807) is 109 Å². The van der Waals surface area contributed by atoms with Gasteiger partial charge in [0.15, 0.2) is 9.84 Å². The van der Waals surface area contributed by atoms with Crippen molar-refractivity contribution < 1.29 is 8.42 Å². The molecular formula is C30H20Cl6O2S. The minimum atomic E-state index is -3.95. The van der Waals surface area contributed by atoms with Crippen LogP contribution in [-0.2, 0) is 9.84 Å². The second kappa shape index (κ2) is 13.1. The number of hydrogen-bond donors (Lipinski definition) is 0. The fraction of sp³-hybridized carbons (Fsp3) is 0.0667. The van der Waals surface area contributed by atoms with Crippen molar-refractivity contribution in [2.75, 3.05) is 0 Å². The molecule has 0 aliphatic carbocycles. The smallest absolute Gasteiger partial charge is 0.171 e. The second-order valence-electron chi connectivity index (χ2n) is 8.60. The maximum atomic E-state index is 14.4. The Kier molecular flexibility index (Phi) is 10.1. The summed E-state index contributed by atoms with van der Waals surface area (Å²) in [5.41, 5.74) is 2.51. The second-order valence-corrected chi connectivity index (χ2v) is 13.3. The molecule has 2 nitrogen and oxygen atoms in total. The van der Waals surface area contributed by atoms with E-state index in [2.05, 4.69) is 0 Å². The number of sulfone groups is 1. The first-order chi connectivity index (χ1) is 18.5. The topological polar surface area (TPSA) is 34.1 Å².